The number of aromatic nitrogens is 4. The molecular weight excluding hydrogens is 426 g/mol. The summed E-state index contributed by atoms with van der Waals surface area (Å²) in [7, 11) is 2.16. The maximum atomic E-state index is 11.8. The standard InChI is InChI=1S/C26H27N7O/c1-3-22(34)15-18-6-4-7-19(14-18)24-23-17-27-31-25(23)30-26(29-24)28-20-8-5-9-21(16-20)33-12-10-32(2)11-13-33/h3-9,14,16-17H,1,10-13,15H2,2H3,(H2,27,28,29,30,31). The van der Waals surface area contributed by atoms with Gasteiger partial charge in [-0.15, -0.1) is 0 Å². The summed E-state index contributed by atoms with van der Waals surface area (Å²) in [5.74, 6) is 0.464. The van der Waals surface area contributed by atoms with Crippen LogP contribution in [-0.4, -0.2) is 64.1 Å². The minimum absolute atomic E-state index is 0.0177. The lowest BCUT2D eigenvalue weighted by Gasteiger charge is -2.34. The van der Waals surface area contributed by atoms with Crippen LogP contribution < -0.4 is 10.2 Å². The van der Waals surface area contributed by atoms with Crippen LogP contribution in [0.3, 0.4) is 0 Å². The topological polar surface area (TPSA) is 90.0 Å². The van der Waals surface area contributed by atoms with E-state index in [-0.39, 0.29) is 5.78 Å². The molecule has 4 aromatic rings. The highest BCUT2D eigenvalue weighted by Crippen LogP contribution is 2.29. The van der Waals surface area contributed by atoms with Gasteiger partial charge in [-0.25, -0.2) is 4.98 Å². The lowest BCUT2D eigenvalue weighted by atomic mass is 10.0. The summed E-state index contributed by atoms with van der Waals surface area (Å²) in [5.41, 5.74) is 5.32. The van der Waals surface area contributed by atoms with Crippen LogP contribution >= 0.6 is 0 Å². The van der Waals surface area contributed by atoms with Gasteiger partial charge in [0.05, 0.1) is 17.3 Å². The van der Waals surface area contributed by atoms with Crippen LogP contribution in [0.4, 0.5) is 17.3 Å². The first kappa shape index (κ1) is 21.8. The molecule has 172 valence electrons. The van der Waals surface area contributed by atoms with E-state index in [4.69, 9.17) is 4.98 Å². The summed E-state index contributed by atoms with van der Waals surface area (Å²) in [4.78, 5) is 26.0. The highest BCUT2D eigenvalue weighted by Gasteiger charge is 2.16. The maximum absolute atomic E-state index is 11.8. The van der Waals surface area contributed by atoms with E-state index in [0.29, 0.717) is 18.0 Å². The molecule has 3 heterocycles. The number of rotatable bonds is 7. The van der Waals surface area contributed by atoms with Crippen molar-refractivity contribution in [2.75, 3.05) is 43.4 Å². The summed E-state index contributed by atoms with van der Waals surface area (Å²) in [6, 6.07) is 16.2. The first-order chi connectivity index (χ1) is 16.6. The normalized spacial score (nSPS) is 14.3. The monoisotopic (exact) mass is 453 g/mol. The molecule has 2 aromatic heterocycles. The molecule has 5 rings (SSSR count). The van der Waals surface area contributed by atoms with Crippen molar-refractivity contribution < 1.29 is 4.79 Å². The number of hydrogen-bond donors (Lipinski definition) is 2. The lowest BCUT2D eigenvalue weighted by molar-refractivity contribution is -0.114. The van der Waals surface area contributed by atoms with Gasteiger partial charge in [0.25, 0.3) is 0 Å². The number of allylic oxidation sites excluding steroid dienone is 1. The van der Waals surface area contributed by atoms with E-state index in [9.17, 15) is 4.79 Å². The molecule has 0 saturated carbocycles. The summed E-state index contributed by atoms with van der Waals surface area (Å²) >= 11 is 0. The van der Waals surface area contributed by atoms with Crippen molar-refractivity contribution in [3.8, 4) is 11.3 Å². The minimum atomic E-state index is -0.0177. The Morgan fingerprint density at radius 1 is 1.12 bits per heavy atom. The van der Waals surface area contributed by atoms with Gasteiger partial charge >= 0.3 is 0 Å². The van der Waals surface area contributed by atoms with Crippen molar-refractivity contribution in [3.05, 3.63) is 72.9 Å². The van der Waals surface area contributed by atoms with E-state index in [1.54, 1.807) is 6.20 Å². The van der Waals surface area contributed by atoms with Gasteiger partial charge in [0, 0.05) is 49.5 Å². The van der Waals surface area contributed by atoms with Gasteiger partial charge in [-0.3, -0.25) is 9.89 Å². The molecule has 0 aliphatic carbocycles. The number of likely N-dealkylation sites (N-methyl/N-ethyl adjacent to an activating group) is 1. The van der Waals surface area contributed by atoms with E-state index in [2.05, 4.69) is 56.1 Å². The molecule has 0 radical (unpaired) electrons. The van der Waals surface area contributed by atoms with Crippen molar-refractivity contribution >= 4 is 34.1 Å². The number of carbonyl (C=O) groups is 1. The van der Waals surface area contributed by atoms with Gasteiger partial charge in [-0.2, -0.15) is 10.1 Å². The van der Waals surface area contributed by atoms with Gasteiger partial charge < -0.3 is 15.1 Å². The predicted molar refractivity (Wildman–Crippen MR) is 135 cm³/mol. The first-order valence-corrected chi connectivity index (χ1v) is 11.4. The van der Waals surface area contributed by atoms with Gasteiger partial charge in [0.1, 0.15) is 0 Å². The zero-order chi connectivity index (χ0) is 23.5. The highest BCUT2D eigenvalue weighted by molar-refractivity contribution is 5.93. The third-order valence-corrected chi connectivity index (χ3v) is 6.09. The number of nitrogens with one attached hydrogen (secondary N) is 2. The van der Waals surface area contributed by atoms with E-state index >= 15 is 0 Å². The number of H-pyrrole nitrogens is 1. The molecular formula is C26H27N7O. The number of anilines is 3. The quantitative estimate of drug-likeness (QED) is 0.411. The molecule has 1 saturated heterocycles. The Morgan fingerprint density at radius 3 is 2.76 bits per heavy atom. The van der Waals surface area contributed by atoms with E-state index < -0.39 is 0 Å². The number of piperazine rings is 1. The number of hydrogen-bond acceptors (Lipinski definition) is 7. The van der Waals surface area contributed by atoms with Gasteiger partial charge in [0.2, 0.25) is 5.95 Å². The fourth-order valence-electron chi connectivity index (χ4n) is 4.19. The molecule has 8 heteroatoms. The maximum Gasteiger partial charge on any atom is 0.229 e. The van der Waals surface area contributed by atoms with Crippen molar-refractivity contribution in [2.24, 2.45) is 0 Å². The predicted octanol–water partition coefficient (Wildman–Crippen LogP) is 3.81. The van der Waals surface area contributed by atoms with Crippen LogP contribution in [0.2, 0.25) is 0 Å². The van der Waals surface area contributed by atoms with Crippen LogP contribution in [0.25, 0.3) is 22.3 Å². The molecule has 0 bridgehead atoms. The highest BCUT2D eigenvalue weighted by atomic mass is 16.1. The Labute approximate surface area is 198 Å². The minimum Gasteiger partial charge on any atom is -0.369 e. The first-order valence-electron chi connectivity index (χ1n) is 11.4. The van der Waals surface area contributed by atoms with Gasteiger partial charge in [0.15, 0.2) is 11.4 Å². The number of fused-ring (bicyclic) bond motifs is 1. The number of nitrogens with zero attached hydrogens (tertiary/aromatic N) is 5. The second-order valence-corrected chi connectivity index (χ2v) is 8.54. The van der Waals surface area contributed by atoms with Crippen molar-refractivity contribution in [1.29, 1.82) is 0 Å². The molecule has 1 aliphatic heterocycles. The van der Waals surface area contributed by atoms with Crippen molar-refractivity contribution in [2.45, 2.75) is 6.42 Å². The van der Waals surface area contributed by atoms with Crippen LogP contribution in [0.5, 0.6) is 0 Å². The molecule has 0 atom stereocenters. The molecule has 1 aliphatic rings. The number of aromatic amines is 1. The van der Waals surface area contributed by atoms with Crippen LogP contribution in [0.15, 0.2) is 67.4 Å². The molecule has 2 aromatic carbocycles. The smallest absolute Gasteiger partial charge is 0.229 e. The number of benzene rings is 2. The third-order valence-electron chi connectivity index (χ3n) is 6.09. The molecule has 8 nitrogen and oxygen atoms in total. The molecule has 1 fully saturated rings. The Morgan fingerprint density at radius 2 is 1.94 bits per heavy atom. The lowest BCUT2D eigenvalue weighted by Crippen LogP contribution is -2.44. The average molecular weight is 454 g/mol. The summed E-state index contributed by atoms with van der Waals surface area (Å²) in [6.07, 6.45) is 3.38. The van der Waals surface area contributed by atoms with Crippen molar-refractivity contribution in [3.63, 3.8) is 0 Å². The van der Waals surface area contributed by atoms with E-state index in [1.165, 1.54) is 11.8 Å². The van der Waals surface area contributed by atoms with Crippen LogP contribution in [-0.2, 0) is 11.2 Å². The third kappa shape index (κ3) is 4.67. The SMILES string of the molecule is C=CC(=O)Cc1cccc(-c2nc(Nc3cccc(N4CCN(C)CC4)c3)nc3[nH]ncc23)c1. The van der Waals surface area contributed by atoms with Gasteiger partial charge in [-0.05, 0) is 43.0 Å². The Kier molecular flexibility index (Phi) is 6.05. The second kappa shape index (κ2) is 9.44. The Hall–Kier alpha value is -4.04. The van der Waals surface area contributed by atoms with Crippen LogP contribution in [0.1, 0.15) is 5.56 Å². The average Bonchev–Trinajstić information content (AvgIpc) is 3.33. The van der Waals surface area contributed by atoms with E-state index in [1.807, 2.05) is 36.4 Å². The van der Waals surface area contributed by atoms with Crippen molar-refractivity contribution in [1.82, 2.24) is 25.1 Å². The van der Waals surface area contributed by atoms with E-state index in [0.717, 1.165) is 54.1 Å². The van der Waals surface area contributed by atoms with Crippen LogP contribution in [0, 0.1) is 0 Å². The molecule has 2 N–H and O–H groups in total. The Bertz CT molecular complexity index is 1340. The summed E-state index contributed by atoms with van der Waals surface area (Å²) < 4.78 is 0. The summed E-state index contributed by atoms with van der Waals surface area (Å²) in [6.45, 7) is 7.68. The Balaban J connectivity index is 1.45. The second-order valence-electron chi connectivity index (χ2n) is 8.54. The number of ketones is 1. The van der Waals surface area contributed by atoms with Gasteiger partial charge in [-0.1, -0.05) is 30.8 Å². The number of carbonyl (C=O) groups excluding carboxylic acids is 1. The zero-order valence-corrected chi connectivity index (χ0v) is 19.2. The molecule has 0 unspecified atom stereocenters. The molecule has 0 spiro atoms. The fraction of sp³-hybridized carbons (Fsp3) is 0.231. The fourth-order valence-corrected chi connectivity index (χ4v) is 4.19. The molecule has 34 heavy (non-hydrogen) atoms. The largest absolute Gasteiger partial charge is 0.369 e. The zero-order valence-electron chi connectivity index (χ0n) is 19.2. The molecule has 0 amide bonds. The summed E-state index contributed by atoms with van der Waals surface area (Å²) in [5, 5.41) is 11.3.